The molecule has 6 heteroatoms. The van der Waals surface area contributed by atoms with Crippen LogP contribution in [0.5, 0.6) is 0 Å². The van der Waals surface area contributed by atoms with Gasteiger partial charge in [-0.1, -0.05) is 97.1 Å². The zero-order valence-electron chi connectivity index (χ0n) is 27.8. The van der Waals surface area contributed by atoms with Crippen molar-refractivity contribution in [2.75, 3.05) is 0 Å². The van der Waals surface area contributed by atoms with Gasteiger partial charge >= 0.3 is 0 Å². The Balaban J connectivity index is 1.00. The highest BCUT2D eigenvalue weighted by Gasteiger charge is 2.16. The molecule has 244 valence electrons. The second-order valence-corrected chi connectivity index (χ2v) is 12.7. The molecule has 3 aromatic heterocycles. The largest absolute Gasteiger partial charge is 0.436 e. The minimum absolute atomic E-state index is 0.610. The van der Waals surface area contributed by atoms with Gasteiger partial charge in [0.25, 0.3) is 0 Å². The Morgan fingerprint density at radius 3 is 1.06 bits per heavy atom. The van der Waals surface area contributed by atoms with E-state index in [9.17, 15) is 0 Å². The number of oxazole rings is 2. The van der Waals surface area contributed by atoms with Gasteiger partial charge in [-0.05, 0) is 95.1 Å². The molecular formula is C46H28N4O2. The molecule has 0 spiro atoms. The SMILES string of the molecule is c1cc(-c2ccc(-c3nc4ccccc4o3)cc2)cc(-c2nc3ccccc3nc2-c2cccc(-c3ccc(-c4nc5ccccc5o4)cc3)c2)c1. The predicted octanol–water partition coefficient (Wildman–Crippen LogP) is 11.9. The first-order chi connectivity index (χ1) is 25.7. The topological polar surface area (TPSA) is 77.8 Å². The Bertz CT molecular complexity index is 2640. The molecule has 0 aliphatic carbocycles. The molecule has 0 saturated carbocycles. The molecule has 7 aromatic carbocycles. The summed E-state index contributed by atoms with van der Waals surface area (Å²) in [5.41, 5.74) is 14.8. The molecular weight excluding hydrogens is 641 g/mol. The molecule has 0 saturated heterocycles. The van der Waals surface area contributed by atoms with Gasteiger partial charge in [0, 0.05) is 22.3 Å². The normalized spacial score (nSPS) is 11.5. The second kappa shape index (κ2) is 12.3. The highest BCUT2D eigenvalue weighted by Crippen LogP contribution is 2.36. The van der Waals surface area contributed by atoms with Crippen molar-refractivity contribution in [2.24, 2.45) is 0 Å². The van der Waals surface area contributed by atoms with Crippen LogP contribution >= 0.6 is 0 Å². The number of para-hydroxylation sites is 6. The van der Waals surface area contributed by atoms with Crippen molar-refractivity contribution in [3.63, 3.8) is 0 Å². The Labute approximate surface area is 298 Å². The first-order valence-electron chi connectivity index (χ1n) is 17.1. The molecule has 10 aromatic rings. The van der Waals surface area contributed by atoms with E-state index >= 15 is 0 Å². The van der Waals surface area contributed by atoms with Gasteiger partial charge in [0.05, 0.1) is 22.4 Å². The number of nitrogens with zero attached hydrogens (tertiary/aromatic N) is 4. The summed E-state index contributed by atoms with van der Waals surface area (Å²) in [6.45, 7) is 0. The standard InChI is InChI=1S/C46H28N4O2/c1-2-14-38-37(13-1)47-43(35-11-7-9-33(27-35)29-19-23-31(24-20-29)45-49-39-15-3-5-17-41(39)51-45)44(48-38)36-12-8-10-34(28-36)30-21-25-32(26-22-30)46-50-40-16-4-6-18-42(40)52-46/h1-28H. The molecule has 52 heavy (non-hydrogen) atoms. The van der Waals surface area contributed by atoms with Crippen molar-refractivity contribution in [3.8, 4) is 67.7 Å². The van der Waals surface area contributed by atoms with Crippen LogP contribution in [0, 0.1) is 0 Å². The molecule has 0 bridgehead atoms. The van der Waals surface area contributed by atoms with E-state index in [4.69, 9.17) is 18.8 Å². The second-order valence-electron chi connectivity index (χ2n) is 12.7. The molecule has 6 nitrogen and oxygen atoms in total. The Morgan fingerprint density at radius 2 is 0.635 bits per heavy atom. The van der Waals surface area contributed by atoms with E-state index in [1.807, 2.05) is 72.8 Å². The minimum Gasteiger partial charge on any atom is -0.436 e. The molecule has 0 radical (unpaired) electrons. The van der Waals surface area contributed by atoms with Crippen LogP contribution in [0.4, 0.5) is 0 Å². The summed E-state index contributed by atoms with van der Waals surface area (Å²) in [7, 11) is 0. The summed E-state index contributed by atoms with van der Waals surface area (Å²) < 4.78 is 12.0. The van der Waals surface area contributed by atoms with E-state index in [0.717, 1.165) is 89.1 Å². The van der Waals surface area contributed by atoms with Crippen molar-refractivity contribution >= 4 is 33.2 Å². The van der Waals surface area contributed by atoms with Crippen molar-refractivity contribution in [1.82, 2.24) is 19.9 Å². The van der Waals surface area contributed by atoms with E-state index in [-0.39, 0.29) is 0 Å². The van der Waals surface area contributed by atoms with Crippen LogP contribution in [0.2, 0.25) is 0 Å². The molecule has 3 heterocycles. The third-order valence-corrected chi connectivity index (χ3v) is 9.36. The van der Waals surface area contributed by atoms with Crippen LogP contribution in [0.1, 0.15) is 0 Å². The molecule has 10 rings (SSSR count). The average Bonchev–Trinajstić information content (AvgIpc) is 3.86. The van der Waals surface area contributed by atoms with Crippen LogP contribution in [0.3, 0.4) is 0 Å². The Morgan fingerprint density at radius 1 is 0.269 bits per heavy atom. The third-order valence-electron chi connectivity index (χ3n) is 9.36. The van der Waals surface area contributed by atoms with Crippen molar-refractivity contribution in [1.29, 1.82) is 0 Å². The lowest BCUT2D eigenvalue weighted by atomic mass is 9.96. The number of hydrogen-bond acceptors (Lipinski definition) is 6. The summed E-state index contributed by atoms with van der Waals surface area (Å²) in [4.78, 5) is 19.7. The van der Waals surface area contributed by atoms with Gasteiger partial charge < -0.3 is 8.83 Å². The average molecular weight is 669 g/mol. The number of fused-ring (bicyclic) bond motifs is 3. The van der Waals surface area contributed by atoms with Crippen molar-refractivity contribution in [2.45, 2.75) is 0 Å². The van der Waals surface area contributed by atoms with Gasteiger partial charge in [0.1, 0.15) is 11.0 Å². The zero-order valence-corrected chi connectivity index (χ0v) is 27.8. The Kier molecular flexibility index (Phi) is 7.03. The highest BCUT2D eigenvalue weighted by atomic mass is 16.4. The fourth-order valence-corrected chi connectivity index (χ4v) is 6.70. The quantitative estimate of drug-likeness (QED) is 0.175. The van der Waals surface area contributed by atoms with Crippen LogP contribution in [0.15, 0.2) is 179 Å². The molecule has 0 aliphatic rings. The summed E-state index contributed by atoms with van der Waals surface area (Å²) in [6, 6.07) is 57.3. The first-order valence-corrected chi connectivity index (χ1v) is 17.1. The maximum atomic E-state index is 6.00. The smallest absolute Gasteiger partial charge is 0.227 e. The lowest BCUT2D eigenvalue weighted by Gasteiger charge is -2.13. The predicted molar refractivity (Wildman–Crippen MR) is 207 cm³/mol. The lowest BCUT2D eigenvalue weighted by Crippen LogP contribution is -1.96. The first kappa shape index (κ1) is 29.7. The molecule has 0 amide bonds. The summed E-state index contributed by atoms with van der Waals surface area (Å²) in [5, 5.41) is 0. The summed E-state index contributed by atoms with van der Waals surface area (Å²) in [6.07, 6.45) is 0. The summed E-state index contributed by atoms with van der Waals surface area (Å²) >= 11 is 0. The van der Waals surface area contributed by atoms with Crippen molar-refractivity contribution in [3.05, 3.63) is 170 Å². The highest BCUT2D eigenvalue weighted by molar-refractivity contribution is 5.89. The van der Waals surface area contributed by atoms with Gasteiger partial charge in [-0.2, -0.15) is 0 Å². The third kappa shape index (κ3) is 5.39. The fourth-order valence-electron chi connectivity index (χ4n) is 6.70. The number of benzene rings is 7. The van der Waals surface area contributed by atoms with E-state index in [2.05, 4.69) is 107 Å². The van der Waals surface area contributed by atoms with E-state index in [1.54, 1.807) is 0 Å². The molecule has 0 N–H and O–H groups in total. The van der Waals surface area contributed by atoms with Crippen LogP contribution < -0.4 is 0 Å². The zero-order chi connectivity index (χ0) is 34.4. The number of hydrogen-bond donors (Lipinski definition) is 0. The van der Waals surface area contributed by atoms with Crippen LogP contribution in [-0.4, -0.2) is 19.9 Å². The Hall–Kier alpha value is -7.18. The molecule has 0 unspecified atom stereocenters. The fraction of sp³-hybridized carbons (Fsp3) is 0. The van der Waals surface area contributed by atoms with Gasteiger partial charge in [0.2, 0.25) is 11.8 Å². The van der Waals surface area contributed by atoms with E-state index in [0.29, 0.717) is 11.8 Å². The van der Waals surface area contributed by atoms with Crippen LogP contribution in [0.25, 0.3) is 101 Å². The number of rotatable bonds is 6. The van der Waals surface area contributed by atoms with Crippen LogP contribution in [-0.2, 0) is 0 Å². The monoisotopic (exact) mass is 668 g/mol. The molecule has 0 fully saturated rings. The van der Waals surface area contributed by atoms with Gasteiger partial charge in [0.15, 0.2) is 11.2 Å². The number of aromatic nitrogens is 4. The maximum absolute atomic E-state index is 6.00. The van der Waals surface area contributed by atoms with Gasteiger partial charge in [-0.15, -0.1) is 0 Å². The van der Waals surface area contributed by atoms with E-state index in [1.165, 1.54) is 0 Å². The lowest BCUT2D eigenvalue weighted by molar-refractivity contribution is 0.619. The molecule has 0 atom stereocenters. The maximum Gasteiger partial charge on any atom is 0.227 e. The summed E-state index contributed by atoms with van der Waals surface area (Å²) in [5.74, 6) is 1.22. The molecule has 0 aliphatic heterocycles. The van der Waals surface area contributed by atoms with Crippen molar-refractivity contribution < 1.29 is 8.83 Å². The van der Waals surface area contributed by atoms with Gasteiger partial charge in [-0.25, -0.2) is 19.9 Å². The van der Waals surface area contributed by atoms with Gasteiger partial charge in [-0.3, -0.25) is 0 Å². The minimum atomic E-state index is 0.610. The van der Waals surface area contributed by atoms with E-state index < -0.39 is 0 Å².